The first-order chi connectivity index (χ1) is 11.0. The number of nitrogens with one attached hydrogen (secondary N) is 2. The fourth-order valence-corrected chi connectivity index (χ4v) is 2.11. The first kappa shape index (κ1) is 18.9. The van der Waals surface area contributed by atoms with Crippen LogP contribution < -0.4 is 15.6 Å². The minimum Gasteiger partial charge on any atom is -0.504 e. The molecule has 1 aromatic rings. The zero-order chi connectivity index (χ0) is 17.2. The lowest BCUT2D eigenvalue weighted by Gasteiger charge is -2.06. The standard InChI is InChI=1S/C14H18BrN3O5/c1-23-12-6-9(10(15)7-11(12)19)8-16-17-13(20)4-2-3-5-14(21)18-22/h6-8,19,22H,2-5H2,1H3,(H,17,20)(H,18,21)/b16-8+. The molecule has 0 bridgehead atoms. The van der Waals surface area contributed by atoms with Gasteiger partial charge in [0.1, 0.15) is 0 Å². The molecule has 0 aliphatic carbocycles. The van der Waals surface area contributed by atoms with Gasteiger partial charge in [-0.05, 0) is 40.9 Å². The Balaban J connectivity index is 2.44. The highest BCUT2D eigenvalue weighted by atomic mass is 79.9. The highest BCUT2D eigenvalue weighted by Crippen LogP contribution is 2.31. The van der Waals surface area contributed by atoms with Crippen LogP contribution in [-0.2, 0) is 9.59 Å². The lowest BCUT2D eigenvalue weighted by molar-refractivity contribution is -0.129. The van der Waals surface area contributed by atoms with Crippen molar-refractivity contribution in [3.63, 3.8) is 0 Å². The second kappa shape index (κ2) is 9.80. The van der Waals surface area contributed by atoms with Crippen LogP contribution in [0.5, 0.6) is 11.5 Å². The number of halogens is 1. The number of unbranched alkanes of at least 4 members (excludes halogenated alkanes) is 1. The molecule has 0 aliphatic heterocycles. The van der Waals surface area contributed by atoms with E-state index >= 15 is 0 Å². The van der Waals surface area contributed by atoms with Gasteiger partial charge in [0.05, 0.1) is 13.3 Å². The lowest BCUT2D eigenvalue weighted by atomic mass is 10.2. The van der Waals surface area contributed by atoms with E-state index in [4.69, 9.17) is 9.94 Å². The van der Waals surface area contributed by atoms with Gasteiger partial charge in [-0.3, -0.25) is 14.8 Å². The quantitative estimate of drug-likeness (QED) is 0.234. The van der Waals surface area contributed by atoms with Crippen molar-refractivity contribution in [1.29, 1.82) is 0 Å². The van der Waals surface area contributed by atoms with Gasteiger partial charge >= 0.3 is 0 Å². The van der Waals surface area contributed by atoms with Crippen LogP contribution in [0.25, 0.3) is 0 Å². The van der Waals surface area contributed by atoms with E-state index in [0.717, 1.165) is 0 Å². The molecular formula is C14H18BrN3O5. The number of hydrogen-bond donors (Lipinski definition) is 4. The van der Waals surface area contributed by atoms with Crippen LogP contribution in [0, 0.1) is 0 Å². The largest absolute Gasteiger partial charge is 0.504 e. The number of methoxy groups -OCH3 is 1. The molecule has 9 heteroatoms. The number of hydroxylamine groups is 1. The molecular weight excluding hydrogens is 370 g/mol. The molecule has 0 aromatic heterocycles. The van der Waals surface area contributed by atoms with Gasteiger partial charge in [0.2, 0.25) is 11.8 Å². The van der Waals surface area contributed by atoms with Gasteiger partial charge < -0.3 is 9.84 Å². The van der Waals surface area contributed by atoms with Crippen LogP contribution in [0.15, 0.2) is 21.7 Å². The molecule has 0 fully saturated rings. The molecule has 0 unspecified atom stereocenters. The van der Waals surface area contributed by atoms with E-state index in [9.17, 15) is 14.7 Å². The smallest absolute Gasteiger partial charge is 0.243 e. The van der Waals surface area contributed by atoms with Gasteiger partial charge in [0.25, 0.3) is 0 Å². The summed E-state index contributed by atoms with van der Waals surface area (Å²) in [6, 6.07) is 3.04. The number of carbonyl (C=O) groups is 2. The Kier molecular flexibility index (Phi) is 8.06. The summed E-state index contributed by atoms with van der Waals surface area (Å²) >= 11 is 3.27. The monoisotopic (exact) mass is 387 g/mol. The van der Waals surface area contributed by atoms with Crippen molar-refractivity contribution >= 4 is 34.0 Å². The number of rotatable bonds is 8. The predicted octanol–water partition coefficient (Wildman–Crippen LogP) is 1.68. The molecule has 8 nitrogen and oxygen atoms in total. The van der Waals surface area contributed by atoms with Crippen LogP contribution in [0.3, 0.4) is 0 Å². The van der Waals surface area contributed by atoms with E-state index in [-0.39, 0.29) is 24.5 Å². The third-order valence-electron chi connectivity index (χ3n) is 2.87. The van der Waals surface area contributed by atoms with Crippen molar-refractivity contribution in [1.82, 2.24) is 10.9 Å². The summed E-state index contributed by atoms with van der Waals surface area (Å²) in [6.07, 6.45) is 2.79. The number of benzene rings is 1. The molecule has 0 saturated heterocycles. The van der Waals surface area contributed by atoms with Crippen LogP contribution in [0.2, 0.25) is 0 Å². The Morgan fingerprint density at radius 2 is 1.96 bits per heavy atom. The maximum atomic E-state index is 11.6. The Bertz CT molecular complexity index is 592. The van der Waals surface area contributed by atoms with Crippen molar-refractivity contribution in [3.05, 3.63) is 22.2 Å². The molecule has 0 atom stereocenters. The third-order valence-corrected chi connectivity index (χ3v) is 3.56. The van der Waals surface area contributed by atoms with Gasteiger partial charge in [-0.2, -0.15) is 5.10 Å². The van der Waals surface area contributed by atoms with E-state index in [0.29, 0.717) is 28.6 Å². The third kappa shape index (κ3) is 6.66. The molecule has 126 valence electrons. The fraction of sp³-hybridized carbons (Fsp3) is 0.357. The summed E-state index contributed by atoms with van der Waals surface area (Å²) in [5.74, 6) is -0.474. The van der Waals surface area contributed by atoms with Gasteiger partial charge in [0.15, 0.2) is 11.5 Å². The molecule has 0 heterocycles. The van der Waals surface area contributed by atoms with Crippen molar-refractivity contribution in [2.45, 2.75) is 25.7 Å². The van der Waals surface area contributed by atoms with Crippen LogP contribution in [0.1, 0.15) is 31.2 Å². The minimum absolute atomic E-state index is 0.00697. The summed E-state index contributed by atoms with van der Waals surface area (Å²) < 4.78 is 5.59. The second-order valence-electron chi connectivity index (χ2n) is 4.58. The maximum absolute atomic E-state index is 11.6. The molecule has 0 aliphatic rings. The van der Waals surface area contributed by atoms with Crippen LogP contribution in [0.4, 0.5) is 0 Å². The van der Waals surface area contributed by atoms with Gasteiger partial charge in [-0.1, -0.05) is 0 Å². The van der Waals surface area contributed by atoms with Crippen molar-refractivity contribution < 1.29 is 24.6 Å². The van der Waals surface area contributed by atoms with E-state index in [1.807, 2.05) is 0 Å². The average molecular weight is 388 g/mol. The number of hydrogen-bond acceptors (Lipinski definition) is 6. The second-order valence-corrected chi connectivity index (χ2v) is 5.44. The van der Waals surface area contributed by atoms with Crippen molar-refractivity contribution in [2.75, 3.05) is 7.11 Å². The zero-order valence-corrected chi connectivity index (χ0v) is 14.1. The highest BCUT2D eigenvalue weighted by molar-refractivity contribution is 9.10. The summed E-state index contributed by atoms with van der Waals surface area (Å²) in [5.41, 5.74) is 4.52. The summed E-state index contributed by atoms with van der Waals surface area (Å²) in [6.45, 7) is 0. The van der Waals surface area contributed by atoms with E-state index in [1.165, 1.54) is 24.9 Å². The van der Waals surface area contributed by atoms with Crippen LogP contribution >= 0.6 is 15.9 Å². The molecule has 2 amide bonds. The van der Waals surface area contributed by atoms with Gasteiger partial charge in [-0.25, -0.2) is 10.9 Å². The number of aromatic hydroxyl groups is 1. The molecule has 1 rings (SSSR count). The van der Waals surface area contributed by atoms with E-state index in [1.54, 1.807) is 6.07 Å². The van der Waals surface area contributed by atoms with Gasteiger partial charge in [-0.15, -0.1) is 0 Å². The van der Waals surface area contributed by atoms with Crippen molar-refractivity contribution in [2.24, 2.45) is 5.10 Å². The average Bonchev–Trinajstić information content (AvgIpc) is 2.53. The van der Waals surface area contributed by atoms with E-state index in [2.05, 4.69) is 26.5 Å². The first-order valence-corrected chi connectivity index (χ1v) is 7.58. The number of nitrogens with zero attached hydrogens (tertiary/aromatic N) is 1. The summed E-state index contributed by atoms with van der Waals surface area (Å²) in [7, 11) is 1.43. The molecule has 0 saturated carbocycles. The predicted molar refractivity (Wildman–Crippen MR) is 86.5 cm³/mol. The number of ether oxygens (including phenoxy) is 1. The fourth-order valence-electron chi connectivity index (χ4n) is 1.68. The first-order valence-electron chi connectivity index (χ1n) is 6.79. The Hall–Kier alpha value is -2.13. The Morgan fingerprint density at radius 3 is 2.57 bits per heavy atom. The SMILES string of the molecule is COc1cc(/C=N/NC(=O)CCCCC(=O)NO)c(Br)cc1O. The van der Waals surface area contributed by atoms with Crippen LogP contribution in [-0.4, -0.2) is 35.5 Å². The number of phenols is 1. The molecule has 4 N–H and O–H groups in total. The van der Waals surface area contributed by atoms with E-state index < -0.39 is 5.91 Å². The lowest BCUT2D eigenvalue weighted by Crippen LogP contribution is -2.19. The van der Waals surface area contributed by atoms with Gasteiger partial charge in [0, 0.05) is 22.9 Å². The number of phenolic OH excluding ortho intramolecular Hbond substituents is 1. The Morgan fingerprint density at radius 1 is 1.30 bits per heavy atom. The summed E-state index contributed by atoms with van der Waals surface area (Å²) in [4.78, 5) is 22.3. The molecule has 1 aromatic carbocycles. The number of carbonyl (C=O) groups excluding carboxylic acids is 2. The summed E-state index contributed by atoms with van der Waals surface area (Å²) in [5, 5.41) is 21.7. The molecule has 23 heavy (non-hydrogen) atoms. The normalized spacial score (nSPS) is 10.6. The number of amides is 2. The maximum Gasteiger partial charge on any atom is 0.243 e. The molecule has 0 spiro atoms. The highest BCUT2D eigenvalue weighted by Gasteiger charge is 2.07. The van der Waals surface area contributed by atoms with Crippen molar-refractivity contribution in [3.8, 4) is 11.5 Å². The topological polar surface area (TPSA) is 120 Å². The number of hydrazone groups is 1. The molecule has 0 radical (unpaired) electrons. The Labute approximate surface area is 141 Å². The zero-order valence-electron chi connectivity index (χ0n) is 12.5. The minimum atomic E-state index is -0.477.